The van der Waals surface area contributed by atoms with E-state index in [1.807, 2.05) is 0 Å². The van der Waals surface area contributed by atoms with Crippen molar-refractivity contribution < 1.29 is 23.1 Å². The molecule has 7 heteroatoms. The van der Waals surface area contributed by atoms with E-state index in [1.54, 1.807) is 6.07 Å². The van der Waals surface area contributed by atoms with Crippen molar-refractivity contribution in [1.29, 1.82) is 5.26 Å². The predicted molar refractivity (Wildman–Crippen MR) is 50.8 cm³/mol. The Labute approximate surface area is 96.2 Å². The van der Waals surface area contributed by atoms with Gasteiger partial charge in [0.25, 0.3) is 0 Å². The second kappa shape index (κ2) is 4.14. The van der Waals surface area contributed by atoms with Crippen LogP contribution in [0.4, 0.5) is 13.2 Å². The lowest BCUT2D eigenvalue weighted by Crippen LogP contribution is -2.14. The maximum atomic E-state index is 12.5. The van der Waals surface area contributed by atoms with Crippen molar-refractivity contribution in [3.05, 3.63) is 33.3 Å². The van der Waals surface area contributed by atoms with Gasteiger partial charge in [-0.2, -0.15) is 18.4 Å². The monoisotopic (exact) mass is 293 g/mol. The first kappa shape index (κ1) is 12.5. The van der Waals surface area contributed by atoms with Crippen molar-refractivity contribution in [1.82, 2.24) is 0 Å². The Balaban J connectivity index is 3.61. The van der Waals surface area contributed by atoms with Crippen molar-refractivity contribution in [3.8, 4) is 6.07 Å². The van der Waals surface area contributed by atoms with Gasteiger partial charge in [-0.05, 0) is 12.1 Å². The summed E-state index contributed by atoms with van der Waals surface area (Å²) < 4.78 is 37.1. The molecule has 0 aromatic heterocycles. The largest absolute Gasteiger partial charge is 0.478 e. The molecular formula is C9H3BrF3NO2. The van der Waals surface area contributed by atoms with E-state index in [0.717, 1.165) is 6.07 Å². The van der Waals surface area contributed by atoms with Gasteiger partial charge in [-0.15, -0.1) is 0 Å². The van der Waals surface area contributed by atoms with E-state index in [4.69, 9.17) is 10.4 Å². The Bertz CT molecular complexity index is 491. The number of hydrogen-bond acceptors (Lipinski definition) is 2. The number of carboxylic acids is 1. The van der Waals surface area contributed by atoms with Crippen LogP contribution in [0, 0.1) is 11.3 Å². The van der Waals surface area contributed by atoms with Gasteiger partial charge in [0, 0.05) is 4.47 Å². The van der Waals surface area contributed by atoms with Crippen molar-refractivity contribution in [3.63, 3.8) is 0 Å². The molecular weight excluding hydrogens is 291 g/mol. The molecule has 0 radical (unpaired) electrons. The van der Waals surface area contributed by atoms with Gasteiger partial charge in [0.1, 0.15) is 0 Å². The number of carboxylic acid groups (broad SMARTS) is 1. The van der Waals surface area contributed by atoms with Gasteiger partial charge in [-0.3, -0.25) is 0 Å². The number of nitriles is 1. The van der Waals surface area contributed by atoms with Crippen molar-refractivity contribution in [2.24, 2.45) is 0 Å². The molecule has 0 spiro atoms. The number of halogens is 4. The molecule has 0 atom stereocenters. The molecule has 0 amide bonds. The minimum atomic E-state index is -4.79. The van der Waals surface area contributed by atoms with Crippen LogP contribution in [0.5, 0.6) is 0 Å². The molecule has 0 heterocycles. The van der Waals surface area contributed by atoms with E-state index in [-0.39, 0.29) is 5.56 Å². The fourth-order valence-electron chi connectivity index (χ4n) is 1.13. The molecule has 0 aliphatic carbocycles. The number of benzene rings is 1. The van der Waals surface area contributed by atoms with Gasteiger partial charge < -0.3 is 5.11 Å². The summed E-state index contributed by atoms with van der Waals surface area (Å²) in [6.07, 6.45) is -4.79. The Morgan fingerprint density at radius 2 is 2.00 bits per heavy atom. The molecule has 1 aromatic carbocycles. The van der Waals surface area contributed by atoms with Crippen LogP contribution in [0.25, 0.3) is 0 Å². The molecule has 0 saturated carbocycles. The fraction of sp³-hybridized carbons (Fsp3) is 0.111. The smallest absolute Gasteiger partial charge is 0.418 e. The molecule has 0 fully saturated rings. The molecule has 0 aliphatic heterocycles. The van der Waals surface area contributed by atoms with Crippen LogP contribution in [0.15, 0.2) is 16.6 Å². The van der Waals surface area contributed by atoms with E-state index >= 15 is 0 Å². The second-order valence-electron chi connectivity index (χ2n) is 2.80. The first-order valence-electron chi connectivity index (χ1n) is 3.81. The Morgan fingerprint density at radius 1 is 1.44 bits per heavy atom. The maximum absolute atomic E-state index is 12.5. The first-order chi connectivity index (χ1) is 7.27. The van der Waals surface area contributed by atoms with Gasteiger partial charge in [-0.1, -0.05) is 15.9 Å². The highest BCUT2D eigenvalue weighted by atomic mass is 79.9. The minimum absolute atomic E-state index is 0.155. The summed E-state index contributed by atoms with van der Waals surface area (Å²) in [6.45, 7) is 0. The zero-order valence-corrected chi connectivity index (χ0v) is 9.06. The summed E-state index contributed by atoms with van der Waals surface area (Å²) in [7, 11) is 0. The zero-order valence-electron chi connectivity index (χ0n) is 7.47. The van der Waals surface area contributed by atoms with Gasteiger partial charge in [-0.25, -0.2) is 4.79 Å². The van der Waals surface area contributed by atoms with E-state index in [0.29, 0.717) is 6.07 Å². The van der Waals surface area contributed by atoms with Crippen LogP contribution >= 0.6 is 15.9 Å². The molecule has 16 heavy (non-hydrogen) atoms. The summed E-state index contributed by atoms with van der Waals surface area (Å²) in [5.74, 6) is -1.73. The topological polar surface area (TPSA) is 61.1 Å². The van der Waals surface area contributed by atoms with E-state index in [2.05, 4.69) is 15.9 Å². The highest BCUT2D eigenvalue weighted by Gasteiger charge is 2.38. The molecule has 0 aliphatic rings. The van der Waals surface area contributed by atoms with Crippen molar-refractivity contribution >= 4 is 21.9 Å². The fourth-order valence-corrected chi connectivity index (χ4v) is 1.81. The van der Waals surface area contributed by atoms with Crippen LogP contribution in [0.2, 0.25) is 0 Å². The summed E-state index contributed by atoms with van der Waals surface area (Å²) in [5.41, 5.74) is -2.39. The SMILES string of the molecule is N#Cc1cc(Br)c(C(F)(F)F)c(C(=O)O)c1. The van der Waals surface area contributed by atoms with Crippen LogP contribution < -0.4 is 0 Å². The number of carbonyl (C=O) groups is 1. The minimum Gasteiger partial charge on any atom is -0.478 e. The van der Waals surface area contributed by atoms with Crippen molar-refractivity contribution in [2.75, 3.05) is 0 Å². The van der Waals surface area contributed by atoms with Gasteiger partial charge >= 0.3 is 12.1 Å². The number of nitrogens with zero attached hydrogens (tertiary/aromatic N) is 1. The Morgan fingerprint density at radius 3 is 2.38 bits per heavy atom. The van der Waals surface area contributed by atoms with Crippen molar-refractivity contribution in [2.45, 2.75) is 6.18 Å². The number of alkyl halides is 3. The summed E-state index contributed by atoms with van der Waals surface area (Å²) in [4.78, 5) is 10.7. The van der Waals surface area contributed by atoms with Gasteiger partial charge in [0.15, 0.2) is 0 Å². The Kier molecular flexibility index (Phi) is 3.24. The highest BCUT2D eigenvalue weighted by molar-refractivity contribution is 9.10. The molecule has 1 N–H and O–H groups in total. The van der Waals surface area contributed by atoms with E-state index in [1.165, 1.54) is 0 Å². The lowest BCUT2D eigenvalue weighted by Gasteiger charge is -2.12. The lowest BCUT2D eigenvalue weighted by atomic mass is 10.0. The van der Waals surface area contributed by atoms with E-state index < -0.39 is 27.7 Å². The normalized spacial score (nSPS) is 10.9. The summed E-state index contributed by atoms with van der Waals surface area (Å²) in [6, 6.07) is 3.20. The third-order valence-corrected chi connectivity index (χ3v) is 2.36. The second-order valence-corrected chi connectivity index (χ2v) is 3.65. The molecule has 1 aromatic rings. The molecule has 0 unspecified atom stereocenters. The number of hydrogen-bond donors (Lipinski definition) is 1. The van der Waals surface area contributed by atoms with Gasteiger partial charge in [0.05, 0.1) is 22.8 Å². The third-order valence-electron chi connectivity index (χ3n) is 1.73. The number of aromatic carboxylic acids is 1. The maximum Gasteiger partial charge on any atom is 0.418 e. The van der Waals surface area contributed by atoms with Crippen LogP contribution in [0.1, 0.15) is 21.5 Å². The van der Waals surface area contributed by atoms with Crippen LogP contribution in [-0.2, 0) is 6.18 Å². The standard InChI is InChI=1S/C9H3BrF3NO2/c10-6-2-4(3-14)1-5(8(15)16)7(6)9(11,12)13/h1-2H,(H,15,16). The predicted octanol–water partition coefficient (Wildman–Crippen LogP) is 3.04. The molecule has 0 saturated heterocycles. The van der Waals surface area contributed by atoms with Crippen LogP contribution in [0.3, 0.4) is 0 Å². The molecule has 0 bridgehead atoms. The summed E-state index contributed by atoms with van der Waals surface area (Å²) in [5, 5.41) is 17.2. The lowest BCUT2D eigenvalue weighted by molar-refractivity contribution is -0.138. The zero-order chi connectivity index (χ0) is 12.5. The molecule has 84 valence electrons. The quantitative estimate of drug-likeness (QED) is 0.866. The third kappa shape index (κ3) is 2.33. The molecule has 3 nitrogen and oxygen atoms in total. The number of rotatable bonds is 1. The van der Waals surface area contributed by atoms with Gasteiger partial charge in [0.2, 0.25) is 0 Å². The first-order valence-corrected chi connectivity index (χ1v) is 4.60. The Hall–Kier alpha value is -1.55. The summed E-state index contributed by atoms with van der Waals surface area (Å²) >= 11 is 2.61. The molecule has 1 rings (SSSR count). The van der Waals surface area contributed by atoms with E-state index in [9.17, 15) is 18.0 Å². The average Bonchev–Trinajstić information content (AvgIpc) is 2.14. The van der Waals surface area contributed by atoms with Crippen LogP contribution in [-0.4, -0.2) is 11.1 Å². The highest BCUT2D eigenvalue weighted by Crippen LogP contribution is 2.38. The average molecular weight is 294 g/mol.